The van der Waals surface area contributed by atoms with Crippen LogP contribution < -0.4 is 11.1 Å². The molecule has 1 saturated heterocycles. The lowest BCUT2D eigenvalue weighted by Gasteiger charge is -2.22. The zero-order valence-electron chi connectivity index (χ0n) is 13.4. The lowest BCUT2D eigenvalue weighted by Crippen LogP contribution is -2.30. The van der Waals surface area contributed by atoms with Gasteiger partial charge in [-0.3, -0.25) is 0 Å². The molecule has 3 aromatic rings. The molecular weight excluding hydrogens is 324 g/mol. The van der Waals surface area contributed by atoms with Crippen LogP contribution in [-0.2, 0) is 6.54 Å². The topological polar surface area (TPSA) is 81.7 Å². The summed E-state index contributed by atoms with van der Waals surface area (Å²) in [4.78, 5) is 8.60. The molecule has 7 heteroatoms. The summed E-state index contributed by atoms with van der Waals surface area (Å²) in [6.07, 6.45) is 3.86. The van der Waals surface area contributed by atoms with Crippen LogP contribution >= 0.6 is 12.4 Å². The quantitative estimate of drug-likeness (QED) is 0.763. The fraction of sp³-hybridized carbons (Fsp3) is 0.353. The van der Waals surface area contributed by atoms with Crippen LogP contribution in [0.15, 0.2) is 36.7 Å². The van der Waals surface area contributed by atoms with Gasteiger partial charge in [-0.25, -0.2) is 14.6 Å². The minimum Gasteiger partial charge on any atom is -0.383 e. The zero-order chi connectivity index (χ0) is 15.6. The Morgan fingerprint density at radius 2 is 1.88 bits per heavy atom. The number of nitrogens with zero attached hydrogens (tertiary/aromatic N) is 4. The molecule has 0 radical (unpaired) electrons. The monoisotopic (exact) mass is 344 g/mol. The van der Waals surface area contributed by atoms with Crippen molar-refractivity contribution in [2.75, 3.05) is 18.8 Å². The highest BCUT2D eigenvalue weighted by Crippen LogP contribution is 2.30. The maximum absolute atomic E-state index is 6.13. The summed E-state index contributed by atoms with van der Waals surface area (Å²) in [6.45, 7) is 3.03. The van der Waals surface area contributed by atoms with Gasteiger partial charge in [0, 0.05) is 12.1 Å². The van der Waals surface area contributed by atoms with Crippen molar-refractivity contribution in [3.8, 4) is 11.3 Å². The van der Waals surface area contributed by atoms with E-state index in [1.54, 1.807) is 0 Å². The summed E-state index contributed by atoms with van der Waals surface area (Å²) in [6, 6.07) is 10.1. The van der Waals surface area contributed by atoms with Crippen molar-refractivity contribution in [1.82, 2.24) is 25.1 Å². The van der Waals surface area contributed by atoms with Crippen LogP contribution in [0.1, 0.15) is 12.8 Å². The molecule has 4 rings (SSSR count). The number of piperidine rings is 1. The fourth-order valence-corrected chi connectivity index (χ4v) is 3.26. The Balaban J connectivity index is 0.00000169. The Kier molecular flexibility index (Phi) is 4.97. The van der Waals surface area contributed by atoms with Gasteiger partial charge in [0.1, 0.15) is 17.8 Å². The largest absolute Gasteiger partial charge is 0.383 e. The SMILES string of the molecule is Cl.Nc1ncnc2c1c(-c1ccccc1)nn2CC1CCNCC1. The highest BCUT2D eigenvalue weighted by molar-refractivity contribution is 5.98. The molecule has 1 aliphatic heterocycles. The van der Waals surface area contributed by atoms with Gasteiger partial charge in [-0.05, 0) is 31.8 Å². The predicted molar refractivity (Wildman–Crippen MR) is 98.0 cm³/mol. The summed E-state index contributed by atoms with van der Waals surface area (Å²) < 4.78 is 2.01. The molecule has 2 aromatic heterocycles. The van der Waals surface area contributed by atoms with E-state index in [0.29, 0.717) is 11.7 Å². The number of halogens is 1. The van der Waals surface area contributed by atoms with Crippen molar-refractivity contribution in [3.05, 3.63) is 36.7 Å². The third kappa shape index (κ3) is 3.07. The molecule has 0 aliphatic carbocycles. The fourth-order valence-electron chi connectivity index (χ4n) is 3.26. The van der Waals surface area contributed by atoms with Gasteiger partial charge in [0.15, 0.2) is 5.65 Å². The van der Waals surface area contributed by atoms with Crippen molar-refractivity contribution in [1.29, 1.82) is 0 Å². The van der Waals surface area contributed by atoms with E-state index >= 15 is 0 Å². The number of anilines is 1. The Labute approximate surface area is 146 Å². The summed E-state index contributed by atoms with van der Waals surface area (Å²) in [5.41, 5.74) is 8.87. The van der Waals surface area contributed by atoms with Crippen LogP contribution in [0.5, 0.6) is 0 Å². The highest BCUT2D eigenvalue weighted by Gasteiger charge is 2.20. The minimum absolute atomic E-state index is 0. The molecule has 3 N–H and O–H groups in total. The molecular formula is C17H21ClN6. The van der Waals surface area contributed by atoms with E-state index < -0.39 is 0 Å². The number of nitrogen functional groups attached to an aromatic ring is 1. The predicted octanol–water partition coefficient (Wildman–Crippen LogP) is 2.50. The van der Waals surface area contributed by atoms with Crippen molar-refractivity contribution in [2.45, 2.75) is 19.4 Å². The summed E-state index contributed by atoms with van der Waals surface area (Å²) in [5.74, 6) is 1.12. The van der Waals surface area contributed by atoms with Crippen LogP contribution in [0, 0.1) is 5.92 Å². The van der Waals surface area contributed by atoms with Gasteiger partial charge >= 0.3 is 0 Å². The molecule has 1 aromatic carbocycles. The number of nitrogens with two attached hydrogens (primary N) is 1. The van der Waals surface area contributed by atoms with Crippen molar-refractivity contribution < 1.29 is 0 Å². The number of fused-ring (bicyclic) bond motifs is 1. The van der Waals surface area contributed by atoms with E-state index in [-0.39, 0.29) is 12.4 Å². The minimum atomic E-state index is 0. The second-order valence-corrected chi connectivity index (χ2v) is 6.05. The summed E-state index contributed by atoms with van der Waals surface area (Å²) in [5, 5.41) is 9.09. The number of hydrogen-bond acceptors (Lipinski definition) is 5. The van der Waals surface area contributed by atoms with Gasteiger partial charge in [0.2, 0.25) is 0 Å². The van der Waals surface area contributed by atoms with Crippen LogP contribution in [0.3, 0.4) is 0 Å². The molecule has 1 aliphatic rings. The van der Waals surface area contributed by atoms with E-state index in [4.69, 9.17) is 10.8 Å². The number of hydrogen-bond donors (Lipinski definition) is 2. The average Bonchev–Trinajstić information content (AvgIpc) is 2.97. The molecule has 3 heterocycles. The molecule has 6 nitrogen and oxygen atoms in total. The standard InChI is InChI=1S/C17H20N6.ClH/c18-16-14-15(13-4-2-1-3-5-13)22-23(17(14)21-11-20-16)10-12-6-8-19-9-7-12;/h1-5,11-12,19H,6-10H2,(H2,18,20,21);1H. The van der Waals surface area contributed by atoms with E-state index in [9.17, 15) is 0 Å². The third-order valence-electron chi connectivity index (χ3n) is 4.50. The first kappa shape index (κ1) is 16.7. The molecule has 126 valence electrons. The van der Waals surface area contributed by atoms with Gasteiger partial charge in [-0.2, -0.15) is 5.10 Å². The van der Waals surface area contributed by atoms with Crippen molar-refractivity contribution in [2.24, 2.45) is 5.92 Å². The first-order valence-electron chi connectivity index (χ1n) is 8.06. The molecule has 0 unspecified atom stereocenters. The Morgan fingerprint density at radius 3 is 2.62 bits per heavy atom. The van der Waals surface area contributed by atoms with Gasteiger partial charge in [-0.1, -0.05) is 30.3 Å². The van der Waals surface area contributed by atoms with Crippen molar-refractivity contribution >= 4 is 29.3 Å². The number of rotatable bonds is 3. The summed E-state index contributed by atoms with van der Waals surface area (Å²) >= 11 is 0. The van der Waals surface area contributed by atoms with E-state index in [0.717, 1.165) is 41.9 Å². The maximum atomic E-state index is 6.13. The van der Waals surface area contributed by atoms with E-state index in [1.165, 1.54) is 19.2 Å². The molecule has 0 atom stereocenters. The number of benzene rings is 1. The van der Waals surface area contributed by atoms with Gasteiger partial charge < -0.3 is 11.1 Å². The van der Waals surface area contributed by atoms with Crippen LogP contribution in [0.25, 0.3) is 22.3 Å². The average molecular weight is 345 g/mol. The maximum Gasteiger partial charge on any atom is 0.163 e. The Morgan fingerprint density at radius 1 is 1.12 bits per heavy atom. The highest BCUT2D eigenvalue weighted by atomic mass is 35.5. The molecule has 0 amide bonds. The number of aromatic nitrogens is 4. The molecule has 1 fully saturated rings. The first-order chi connectivity index (χ1) is 11.3. The number of nitrogens with one attached hydrogen (secondary N) is 1. The van der Waals surface area contributed by atoms with Crippen LogP contribution in [0.2, 0.25) is 0 Å². The normalized spacial score (nSPS) is 15.3. The smallest absolute Gasteiger partial charge is 0.163 e. The second kappa shape index (κ2) is 7.15. The van der Waals surface area contributed by atoms with Gasteiger partial charge in [0.05, 0.1) is 5.39 Å². The lowest BCUT2D eigenvalue weighted by atomic mass is 9.98. The van der Waals surface area contributed by atoms with Crippen LogP contribution in [-0.4, -0.2) is 32.8 Å². The lowest BCUT2D eigenvalue weighted by molar-refractivity contribution is 0.325. The Bertz CT molecular complexity index is 811. The molecule has 0 saturated carbocycles. The third-order valence-corrected chi connectivity index (χ3v) is 4.50. The van der Waals surface area contributed by atoms with Crippen LogP contribution in [0.4, 0.5) is 5.82 Å². The van der Waals surface area contributed by atoms with Gasteiger partial charge in [-0.15, -0.1) is 12.4 Å². The van der Waals surface area contributed by atoms with Crippen molar-refractivity contribution in [3.63, 3.8) is 0 Å². The molecule has 0 bridgehead atoms. The molecule has 0 spiro atoms. The zero-order valence-corrected chi connectivity index (χ0v) is 14.2. The van der Waals surface area contributed by atoms with E-state index in [2.05, 4.69) is 15.3 Å². The second-order valence-electron chi connectivity index (χ2n) is 6.05. The summed E-state index contributed by atoms with van der Waals surface area (Å²) in [7, 11) is 0. The van der Waals surface area contributed by atoms with Gasteiger partial charge in [0.25, 0.3) is 0 Å². The Hall–Kier alpha value is -2.18. The molecule has 24 heavy (non-hydrogen) atoms. The first-order valence-corrected chi connectivity index (χ1v) is 8.06. The van der Waals surface area contributed by atoms with E-state index in [1.807, 2.05) is 35.0 Å².